The van der Waals surface area contributed by atoms with Crippen LogP contribution in [0.5, 0.6) is 0 Å². The number of alkyl halides is 5. The molecule has 0 bridgehead atoms. The highest BCUT2D eigenvalue weighted by Crippen LogP contribution is 2.47. The molecule has 3 nitrogen and oxygen atoms in total. The minimum atomic E-state index is -5.43. The first-order valence-corrected chi connectivity index (χ1v) is 5.93. The van der Waals surface area contributed by atoms with Crippen molar-refractivity contribution in [1.82, 2.24) is 0 Å². The van der Waals surface area contributed by atoms with Gasteiger partial charge in [0, 0.05) is 0 Å². The van der Waals surface area contributed by atoms with Crippen molar-refractivity contribution in [3.8, 4) is 0 Å². The molecule has 0 aliphatic heterocycles. The number of hydrogen-bond acceptors (Lipinski definition) is 3. The molecule has 1 atom stereocenters. The molecule has 98 valence electrons. The van der Waals surface area contributed by atoms with Crippen LogP contribution >= 0.6 is 0 Å². The van der Waals surface area contributed by atoms with E-state index in [0.29, 0.717) is 0 Å². The fourth-order valence-electron chi connectivity index (χ4n) is 0.768. The van der Waals surface area contributed by atoms with Gasteiger partial charge in [-0.1, -0.05) is 6.92 Å². The molecule has 0 amide bonds. The molecule has 9 heteroatoms. The van der Waals surface area contributed by atoms with Crippen molar-refractivity contribution in [1.29, 1.82) is 0 Å². The van der Waals surface area contributed by atoms with Gasteiger partial charge in [0.2, 0.25) is 0 Å². The third-order valence-electron chi connectivity index (χ3n) is 1.94. The van der Waals surface area contributed by atoms with Crippen LogP contribution in [0.15, 0.2) is 0 Å². The molecule has 0 aromatic carbocycles. The van der Waals surface area contributed by atoms with Crippen LogP contribution in [0.3, 0.4) is 0 Å². The first-order valence-electron chi connectivity index (χ1n) is 4.12. The molecule has 0 fully saturated rings. The third kappa shape index (κ3) is 3.03. The minimum absolute atomic E-state index is 0.165. The predicted molar refractivity (Wildman–Crippen MR) is 45.6 cm³/mol. The van der Waals surface area contributed by atoms with Crippen LogP contribution in [0.4, 0.5) is 22.0 Å². The molecule has 1 unspecified atom stereocenters. The van der Waals surface area contributed by atoms with E-state index >= 15 is 0 Å². The lowest BCUT2D eigenvalue weighted by atomic mass is 9.96. The molecule has 0 spiro atoms. The van der Waals surface area contributed by atoms with Crippen molar-refractivity contribution in [3.05, 3.63) is 0 Å². The van der Waals surface area contributed by atoms with Crippen molar-refractivity contribution < 1.29 is 34.6 Å². The molecule has 0 aromatic heterocycles. The van der Waals surface area contributed by atoms with Crippen molar-refractivity contribution >= 4 is 10.1 Å². The Morgan fingerprint density at radius 3 is 1.75 bits per heavy atom. The molecule has 16 heavy (non-hydrogen) atoms. The zero-order valence-corrected chi connectivity index (χ0v) is 9.55. The highest BCUT2D eigenvalue weighted by Gasteiger charge is 2.70. The van der Waals surface area contributed by atoms with Gasteiger partial charge in [-0.3, -0.25) is 0 Å². The van der Waals surface area contributed by atoms with Gasteiger partial charge in [0.25, 0.3) is 10.1 Å². The molecule has 0 saturated carbocycles. The fourth-order valence-corrected chi connectivity index (χ4v) is 1.25. The lowest BCUT2D eigenvalue weighted by Gasteiger charge is -2.33. The van der Waals surface area contributed by atoms with E-state index in [4.69, 9.17) is 0 Å². The molecule has 0 radical (unpaired) electrons. The number of halogens is 5. The van der Waals surface area contributed by atoms with Gasteiger partial charge in [-0.2, -0.15) is 30.2 Å². The van der Waals surface area contributed by atoms with E-state index in [9.17, 15) is 30.4 Å². The van der Waals surface area contributed by atoms with Crippen molar-refractivity contribution in [2.75, 3.05) is 6.26 Å². The molecular formula is C7H11F5O3S. The van der Waals surface area contributed by atoms with E-state index < -0.39 is 34.2 Å². The molecule has 0 rings (SSSR count). The Bertz CT molecular complexity index is 349. The quantitative estimate of drug-likeness (QED) is 0.569. The first kappa shape index (κ1) is 15.6. The highest BCUT2D eigenvalue weighted by atomic mass is 32.2. The van der Waals surface area contributed by atoms with Gasteiger partial charge in [0.15, 0.2) is 5.67 Å². The second-order valence-corrected chi connectivity index (χ2v) is 5.00. The van der Waals surface area contributed by atoms with Crippen LogP contribution in [0.2, 0.25) is 0 Å². The molecule has 0 heterocycles. The van der Waals surface area contributed by atoms with Gasteiger partial charge in [0.1, 0.15) is 0 Å². The van der Waals surface area contributed by atoms with E-state index in [1.807, 2.05) is 0 Å². The monoisotopic (exact) mass is 270 g/mol. The third-order valence-corrected chi connectivity index (χ3v) is 2.45. The Labute approximate surface area is 89.7 Å². The van der Waals surface area contributed by atoms with E-state index in [1.54, 1.807) is 0 Å². The van der Waals surface area contributed by atoms with Crippen LogP contribution < -0.4 is 0 Å². The summed E-state index contributed by atoms with van der Waals surface area (Å²) < 4.78 is 88.4. The zero-order valence-electron chi connectivity index (χ0n) is 8.73. The van der Waals surface area contributed by atoms with Gasteiger partial charge in [0.05, 0.1) is 6.26 Å². The Kier molecular flexibility index (Phi) is 3.99. The standard InChI is InChI=1S/C7H11F5O3S/c1-4-5(2,8)6(9,10)7(11,12)15-16(3,13)14/h4H2,1-3H3. The summed E-state index contributed by atoms with van der Waals surface area (Å²) in [6.07, 6.45) is -6.19. The summed E-state index contributed by atoms with van der Waals surface area (Å²) >= 11 is 0. The normalized spacial score (nSPS) is 18.2. The summed E-state index contributed by atoms with van der Waals surface area (Å²) in [5.74, 6) is -5.25. The van der Waals surface area contributed by atoms with Crippen LogP contribution in [0, 0.1) is 0 Å². The van der Waals surface area contributed by atoms with Crippen molar-refractivity contribution in [2.45, 2.75) is 38.0 Å². The molecule has 0 aliphatic rings. The molecular weight excluding hydrogens is 259 g/mol. The maximum Gasteiger partial charge on any atom is 0.436 e. The van der Waals surface area contributed by atoms with Gasteiger partial charge in [-0.15, -0.1) is 0 Å². The highest BCUT2D eigenvalue weighted by molar-refractivity contribution is 7.86. The molecule has 0 N–H and O–H groups in total. The maximum atomic E-state index is 13.2. The Morgan fingerprint density at radius 1 is 1.12 bits per heavy atom. The summed E-state index contributed by atoms with van der Waals surface area (Å²) in [5.41, 5.74) is -3.58. The number of hydrogen-bond donors (Lipinski definition) is 0. The van der Waals surface area contributed by atoms with E-state index in [2.05, 4.69) is 4.18 Å². The summed E-state index contributed by atoms with van der Waals surface area (Å²) in [6, 6.07) is 0. The summed E-state index contributed by atoms with van der Waals surface area (Å²) in [4.78, 5) is 0. The topological polar surface area (TPSA) is 43.4 Å². The van der Waals surface area contributed by atoms with Gasteiger partial charge in [-0.05, 0) is 13.3 Å². The first-order chi connectivity index (χ1) is 6.77. The molecule has 0 aliphatic carbocycles. The zero-order chi connectivity index (χ0) is 13.4. The Morgan fingerprint density at radius 2 is 1.50 bits per heavy atom. The van der Waals surface area contributed by atoms with E-state index in [0.717, 1.165) is 6.92 Å². The van der Waals surface area contributed by atoms with Crippen molar-refractivity contribution in [3.63, 3.8) is 0 Å². The van der Waals surface area contributed by atoms with E-state index in [1.165, 1.54) is 0 Å². The van der Waals surface area contributed by atoms with Crippen molar-refractivity contribution in [2.24, 2.45) is 0 Å². The summed E-state index contributed by atoms with van der Waals surface area (Å²) in [7, 11) is -4.83. The lowest BCUT2D eigenvalue weighted by Crippen LogP contribution is -2.56. The van der Waals surface area contributed by atoms with Crippen LogP contribution in [-0.2, 0) is 14.3 Å². The van der Waals surface area contributed by atoms with Crippen LogP contribution in [0.25, 0.3) is 0 Å². The Hall–Kier alpha value is -0.440. The number of rotatable bonds is 5. The second kappa shape index (κ2) is 4.10. The van der Waals surface area contributed by atoms with Gasteiger partial charge < -0.3 is 0 Å². The fraction of sp³-hybridized carbons (Fsp3) is 1.00. The van der Waals surface area contributed by atoms with Crippen LogP contribution in [0.1, 0.15) is 20.3 Å². The average Bonchev–Trinajstić information content (AvgIpc) is 1.99. The maximum absolute atomic E-state index is 13.2. The lowest BCUT2D eigenvalue weighted by molar-refractivity contribution is -0.344. The summed E-state index contributed by atoms with van der Waals surface area (Å²) in [6.45, 7) is 1.16. The predicted octanol–water partition coefficient (Wildman–Crippen LogP) is 2.33. The van der Waals surface area contributed by atoms with Crippen LogP contribution in [-0.4, -0.2) is 32.4 Å². The summed E-state index contributed by atoms with van der Waals surface area (Å²) in [5, 5.41) is 0. The SMILES string of the molecule is CCC(C)(F)C(F)(F)C(F)(F)OS(C)(=O)=O. The Balaban J connectivity index is 5.30. The van der Waals surface area contributed by atoms with E-state index in [-0.39, 0.29) is 13.2 Å². The average molecular weight is 270 g/mol. The minimum Gasteiger partial charge on any atom is -0.237 e. The van der Waals surface area contributed by atoms with Gasteiger partial charge in [-0.25, -0.2) is 4.39 Å². The second-order valence-electron chi connectivity index (χ2n) is 3.43. The van der Waals surface area contributed by atoms with Gasteiger partial charge >= 0.3 is 12.0 Å². The molecule has 0 saturated heterocycles. The molecule has 0 aromatic rings. The smallest absolute Gasteiger partial charge is 0.237 e. The largest absolute Gasteiger partial charge is 0.436 e.